The molecule has 0 unspecified atom stereocenters. The molecule has 0 heterocycles. The molecule has 1 aliphatic carbocycles. The molecule has 0 aromatic heterocycles. The van der Waals surface area contributed by atoms with Crippen LogP contribution in [0, 0.1) is 5.41 Å². The highest BCUT2D eigenvalue weighted by Gasteiger charge is 2.44. The van der Waals surface area contributed by atoms with Crippen molar-refractivity contribution in [3.63, 3.8) is 0 Å². The molecule has 0 aromatic carbocycles. The Morgan fingerprint density at radius 3 is 2.31 bits per heavy atom. The van der Waals surface area contributed by atoms with Crippen LogP contribution in [0.25, 0.3) is 0 Å². The zero-order valence-electron chi connectivity index (χ0n) is 9.96. The van der Waals surface area contributed by atoms with Crippen LogP contribution in [0.15, 0.2) is 0 Å². The molecule has 1 fully saturated rings. The molecule has 0 radical (unpaired) electrons. The summed E-state index contributed by atoms with van der Waals surface area (Å²) >= 11 is 0. The Bertz CT molecular complexity index is 265. The van der Waals surface area contributed by atoms with Gasteiger partial charge in [0.1, 0.15) is 17.9 Å². The molecule has 0 bridgehead atoms. The summed E-state index contributed by atoms with van der Waals surface area (Å²) in [5, 5.41) is 0. The quantitative estimate of drug-likeness (QED) is 0.395. The Balaban J connectivity index is 2.78. The monoisotopic (exact) mass is 224 g/mol. The highest BCUT2D eigenvalue weighted by molar-refractivity contribution is 6.08. The van der Waals surface area contributed by atoms with Gasteiger partial charge in [0, 0.05) is 19.3 Å². The Labute approximate surface area is 96.6 Å². The van der Waals surface area contributed by atoms with Gasteiger partial charge in [0.25, 0.3) is 0 Å². The molecule has 0 amide bonds. The van der Waals surface area contributed by atoms with Crippen molar-refractivity contribution >= 4 is 17.9 Å². The van der Waals surface area contributed by atoms with E-state index in [4.69, 9.17) is 0 Å². The van der Waals surface area contributed by atoms with Crippen molar-refractivity contribution in [2.75, 3.05) is 0 Å². The summed E-state index contributed by atoms with van der Waals surface area (Å²) in [6.45, 7) is 2.00. The Kier molecular flexibility index (Phi) is 4.84. The van der Waals surface area contributed by atoms with Crippen LogP contribution in [-0.4, -0.2) is 17.9 Å². The fourth-order valence-electron chi connectivity index (χ4n) is 2.64. The SMILES string of the molecule is CCCC1(CCCC=O)C(=O)CCCC1=O. The fraction of sp³-hybridized carbons (Fsp3) is 0.769. The topological polar surface area (TPSA) is 51.2 Å². The van der Waals surface area contributed by atoms with Gasteiger partial charge in [0.05, 0.1) is 5.41 Å². The Morgan fingerprint density at radius 2 is 1.81 bits per heavy atom. The summed E-state index contributed by atoms with van der Waals surface area (Å²) in [6, 6.07) is 0. The predicted octanol–water partition coefficient (Wildman–Crippen LogP) is 2.46. The number of carbonyl (C=O) groups is 3. The number of unbranched alkanes of at least 4 members (excludes halogenated alkanes) is 1. The minimum Gasteiger partial charge on any atom is -0.303 e. The molecule has 0 N–H and O–H groups in total. The summed E-state index contributed by atoms with van der Waals surface area (Å²) in [5.41, 5.74) is -0.740. The number of carbonyl (C=O) groups excluding carboxylic acids is 3. The van der Waals surface area contributed by atoms with Gasteiger partial charge < -0.3 is 4.79 Å². The van der Waals surface area contributed by atoms with Crippen molar-refractivity contribution in [2.45, 2.75) is 58.3 Å². The first-order valence-corrected chi connectivity index (χ1v) is 6.17. The molecular weight excluding hydrogens is 204 g/mol. The van der Waals surface area contributed by atoms with E-state index in [1.165, 1.54) is 0 Å². The van der Waals surface area contributed by atoms with Gasteiger partial charge in [0.2, 0.25) is 0 Å². The second-order valence-electron chi connectivity index (χ2n) is 4.59. The average molecular weight is 224 g/mol. The van der Waals surface area contributed by atoms with E-state index in [2.05, 4.69) is 0 Å². The van der Waals surface area contributed by atoms with E-state index in [-0.39, 0.29) is 11.6 Å². The Hall–Kier alpha value is -0.990. The lowest BCUT2D eigenvalue weighted by Crippen LogP contribution is -2.42. The van der Waals surface area contributed by atoms with Crippen LogP contribution in [0.5, 0.6) is 0 Å². The molecule has 1 aliphatic rings. The van der Waals surface area contributed by atoms with Crippen molar-refractivity contribution in [3.8, 4) is 0 Å². The smallest absolute Gasteiger partial charge is 0.146 e. The molecule has 0 aromatic rings. The molecule has 0 spiro atoms. The van der Waals surface area contributed by atoms with Crippen molar-refractivity contribution in [1.29, 1.82) is 0 Å². The normalized spacial score (nSPS) is 19.8. The first-order chi connectivity index (χ1) is 7.67. The maximum Gasteiger partial charge on any atom is 0.146 e. The molecule has 90 valence electrons. The van der Waals surface area contributed by atoms with Crippen molar-refractivity contribution in [2.24, 2.45) is 5.41 Å². The minimum atomic E-state index is -0.740. The molecule has 0 saturated heterocycles. The lowest BCUT2D eigenvalue weighted by molar-refractivity contribution is -0.145. The average Bonchev–Trinajstić information content (AvgIpc) is 2.26. The van der Waals surface area contributed by atoms with Crippen LogP contribution in [0.4, 0.5) is 0 Å². The van der Waals surface area contributed by atoms with Crippen LogP contribution in [0.2, 0.25) is 0 Å². The number of Topliss-reactive ketones (excluding diaryl/α,β-unsaturated/α-hetero) is 2. The Morgan fingerprint density at radius 1 is 1.19 bits per heavy atom. The summed E-state index contributed by atoms with van der Waals surface area (Å²) in [7, 11) is 0. The molecule has 16 heavy (non-hydrogen) atoms. The van der Waals surface area contributed by atoms with E-state index in [0.29, 0.717) is 44.9 Å². The van der Waals surface area contributed by atoms with Gasteiger partial charge >= 0.3 is 0 Å². The number of hydrogen-bond acceptors (Lipinski definition) is 3. The standard InChI is InChI=1S/C13H20O3/c1-2-8-13(9-3-4-10-14)11(15)6-5-7-12(13)16/h10H,2-9H2,1H3. The van der Waals surface area contributed by atoms with Crippen molar-refractivity contribution in [3.05, 3.63) is 0 Å². The lowest BCUT2D eigenvalue weighted by Gasteiger charge is -2.34. The molecule has 1 saturated carbocycles. The first kappa shape index (κ1) is 13.1. The van der Waals surface area contributed by atoms with E-state index in [1.54, 1.807) is 0 Å². The second kappa shape index (κ2) is 5.92. The zero-order valence-corrected chi connectivity index (χ0v) is 9.96. The lowest BCUT2D eigenvalue weighted by atomic mass is 9.66. The van der Waals surface area contributed by atoms with Crippen molar-refractivity contribution in [1.82, 2.24) is 0 Å². The van der Waals surface area contributed by atoms with Crippen LogP contribution < -0.4 is 0 Å². The van der Waals surface area contributed by atoms with E-state index >= 15 is 0 Å². The van der Waals surface area contributed by atoms with Gasteiger partial charge in [-0.1, -0.05) is 13.3 Å². The number of hydrogen-bond donors (Lipinski definition) is 0. The van der Waals surface area contributed by atoms with E-state index < -0.39 is 5.41 Å². The number of aldehydes is 1. The van der Waals surface area contributed by atoms with Gasteiger partial charge in [-0.15, -0.1) is 0 Å². The van der Waals surface area contributed by atoms with E-state index in [0.717, 1.165) is 12.7 Å². The van der Waals surface area contributed by atoms with Crippen LogP contribution in [-0.2, 0) is 14.4 Å². The summed E-state index contributed by atoms with van der Waals surface area (Å²) in [4.78, 5) is 34.3. The predicted molar refractivity (Wildman–Crippen MR) is 61.1 cm³/mol. The van der Waals surface area contributed by atoms with Gasteiger partial charge in [-0.3, -0.25) is 9.59 Å². The van der Waals surface area contributed by atoms with Gasteiger partial charge in [-0.25, -0.2) is 0 Å². The molecular formula is C13H20O3. The van der Waals surface area contributed by atoms with Crippen LogP contribution in [0.1, 0.15) is 58.3 Å². The minimum absolute atomic E-state index is 0.108. The third-order valence-corrected chi connectivity index (χ3v) is 3.48. The zero-order chi connectivity index (χ0) is 12.0. The van der Waals surface area contributed by atoms with Gasteiger partial charge in [0.15, 0.2) is 0 Å². The molecule has 1 rings (SSSR count). The molecule has 3 nitrogen and oxygen atoms in total. The second-order valence-corrected chi connectivity index (χ2v) is 4.59. The van der Waals surface area contributed by atoms with Crippen molar-refractivity contribution < 1.29 is 14.4 Å². The van der Waals surface area contributed by atoms with Gasteiger partial charge in [-0.2, -0.15) is 0 Å². The third kappa shape index (κ3) is 2.57. The largest absolute Gasteiger partial charge is 0.303 e. The maximum atomic E-state index is 12.0. The molecule has 0 atom stereocenters. The van der Waals surface area contributed by atoms with E-state index in [1.807, 2.05) is 6.92 Å². The summed E-state index contributed by atoms with van der Waals surface area (Å²) < 4.78 is 0. The number of ketones is 2. The highest BCUT2D eigenvalue weighted by Crippen LogP contribution is 2.39. The maximum absolute atomic E-state index is 12.0. The summed E-state index contributed by atoms with van der Waals surface area (Å²) in [5.74, 6) is 0.216. The summed E-state index contributed by atoms with van der Waals surface area (Å²) in [6.07, 6.45) is 5.81. The third-order valence-electron chi connectivity index (χ3n) is 3.48. The molecule has 0 aliphatic heterocycles. The van der Waals surface area contributed by atoms with Gasteiger partial charge in [-0.05, 0) is 25.7 Å². The molecule has 3 heteroatoms. The fourth-order valence-corrected chi connectivity index (χ4v) is 2.64. The van der Waals surface area contributed by atoms with Crippen LogP contribution in [0.3, 0.4) is 0 Å². The van der Waals surface area contributed by atoms with E-state index in [9.17, 15) is 14.4 Å². The number of rotatable bonds is 6. The highest BCUT2D eigenvalue weighted by atomic mass is 16.2. The first-order valence-electron chi connectivity index (χ1n) is 6.17. The van der Waals surface area contributed by atoms with Crippen LogP contribution >= 0.6 is 0 Å².